The van der Waals surface area contributed by atoms with Gasteiger partial charge in [-0.1, -0.05) is 38.1 Å². The van der Waals surface area contributed by atoms with Crippen LogP contribution < -0.4 is 20.7 Å². The Kier molecular flexibility index (Phi) is 7.02. The molecule has 2 rings (SSSR count). The lowest BCUT2D eigenvalue weighted by Gasteiger charge is -2.10. The predicted octanol–water partition coefficient (Wildman–Crippen LogP) is 3.26. The third-order valence-corrected chi connectivity index (χ3v) is 3.80. The minimum atomic E-state index is -0.305. The van der Waals surface area contributed by atoms with Gasteiger partial charge in [-0.25, -0.2) is 4.79 Å². The third kappa shape index (κ3) is 5.81. The van der Waals surface area contributed by atoms with Gasteiger partial charge in [0.2, 0.25) is 5.91 Å². The highest BCUT2D eigenvalue weighted by atomic mass is 16.5. The summed E-state index contributed by atoms with van der Waals surface area (Å²) in [6.45, 7) is 4.42. The average molecular weight is 355 g/mol. The lowest BCUT2D eigenvalue weighted by molar-refractivity contribution is -0.123. The Bertz CT molecular complexity index is 725. The first kappa shape index (κ1) is 19.3. The maximum absolute atomic E-state index is 11.9. The molecule has 6 nitrogen and oxygen atoms in total. The molecule has 138 valence electrons. The van der Waals surface area contributed by atoms with Crippen molar-refractivity contribution in [3.8, 4) is 16.9 Å². The molecule has 0 saturated heterocycles. The predicted molar refractivity (Wildman–Crippen MR) is 103 cm³/mol. The molecule has 2 aromatic carbocycles. The molecule has 3 N–H and O–H groups in total. The van der Waals surface area contributed by atoms with E-state index in [1.807, 2.05) is 62.4 Å². The largest absolute Gasteiger partial charge is 0.497 e. The van der Waals surface area contributed by atoms with E-state index in [9.17, 15) is 9.59 Å². The maximum Gasteiger partial charge on any atom is 0.319 e. The van der Waals surface area contributed by atoms with Crippen molar-refractivity contribution in [3.63, 3.8) is 0 Å². The van der Waals surface area contributed by atoms with Crippen molar-refractivity contribution in [2.45, 2.75) is 13.8 Å². The fourth-order valence-electron chi connectivity index (χ4n) is 2.27. The van der Waals surface area contributed by atoms with Crippen LogP contribution in [-0.4, -0.2) is 32.1 Å². The minimum Gasteiger partial charge on any atom is -0.497 e. The van der Waals surface area contributed by atoms with Crippen LogP contribution in [0.4, 0.5) is 10.5 Å². The summed E-state index contributed by atoms with van der Waals surface area (Å²) in [6.07, 6.45) is 0. The van der Waals surface area contributed by atoms with E-state index in [1.165, 1.54) is 0 Å². The van der Waals surface area contributed by atoms with E-state index in [1.54, 1.807) is 7.11 Å². The number of anilines is 1. The van der Waals surface area contributed by atoms with Gasteiger partial charge in [0.05, 0.1) is 7.11 Å². The maximum atomic E-state index is 11.9. The van der Waals surface area contributed by atoms with E-state index < -0.39 is 0 Å². The summed E-state index contributed by atoms with van der Waals surface area (Å²) in [6, 6.07) is 15.1. The average Bonchev–Trinajstić information content (AvgIpc) is 2.65. The van der Waals surface area contributed by atoms with Crippen molar-refractivity contribution in [2.24, 2.45) is 5.92 Å². The fraction of sp³-hybridized carbons (Fsp3) is 0.300. The Morgan fingerprint density at radius 3 is 1.96 bits per heavy atom. The molecule has 3 amide bonds. The monoisotopic (exact) mass is 355 g/mol. The zero-order chi connectivity index (χ0) is 18.9. The molecule has 0 aromatic heterocycles. The third-order valence-electron chi connectivity index (χ3n) is 3.80. The van der Waals surface area contributed by atoms with Gasteiger partial charge in [0.25, 0.3) is 0 Å². The number of carbonyl (C=O) groups excluding carboxylic acids is 2. The summed E-state index contributed by atoms with van der Waals surface area (Å²) in [5.74, 6) is 0.725. The minimum absolute atomic E-state index is 0.0265. The molecule has 0 bridgehead atoms. The Morgan fingerprint density at radius 1 is 0.885 bits per heavy atom. The van der Waals surface area contributed by atoms with Crippen molar-refractivity contribution in [1.29, 1.82) is 0 Å². The van der Waals surface area contributed by atoms with Gasteiger partial charge in [-0.05, 0) is 35.4 Å². The molecule has 0 unspecified atom stereocenters. The van der Waals surface area contributed by atoms with Crippen molar-refractivity contribution in [2.75, 3.05) is 25.5 Å². The molecule has 0 fully saturated rings. The zero-order valence-corrected chi connectivity index (χ0v) is 15.3. The molecule has 0 heterocycles. The standard InChI is InChI=1S/C20H25N3O3/c1-14(2)19(24)21-12-13-22-20(25)23-17-8-4-15(5-9-17)16-6-10-18(26-3)11-7-16/h4-11,14H,12-13H2,1-3H3,(H,21,24)(H2,22,23,25). The van der Waals surface area contributed by atoms with Gasteiger partial charge < -0.3 is 20.7 Å². The first-order chi connectivity index (χ1) is 12.5. The summed E-state index contributed by atoms with van der Waals surface area (Å²) < 4.78 is 5.16. The molecular weight excluding hydrogens is 330 g/mol. The first-order valence-electron chi connectivity index (χ1n) is 8.56. The van der Waals surface area contributed by atoms with Gasteiger partial charge in [-0.15, -0.1) is 0 Å². The number of methoxy groups -OCH3 is 1. The number of hydrogen-bond acceptors (Lipinski definition) is 3. The number of carbonyl (C=O) groups is 2. The molecular formula is C20H25N3O3. The van der Waals surface area contributed by atoms with Gasteiger partial charge in [0.15, 0.2) is 0 Å². The van der Waals surface area contributed by atoms with Crippen LogP contribution in [0.5, 0.6) is 5.75 Å². The Hall–Kier alpha value is -3.02. The van der Waals surface area contributed by atoms with Crippen LogP contribution in [-0.2, 0) is 4.79 Å². The van der Waals surface area contributed by atoms with Crippen molar-refractivity contribution in [1.82, 2.24) is 10.6 Å². The lowest BCUT2D eigenvalue weighted by atomic mass is 10.1. The summed E-state index contributed by atoms with van der Waals surface area (Å²) in [7, 11) is 1.64. The van der Waals surface area contributed by atoms with Gasteiger partial charge in [0, 0.05) is 24.7 Å². The number of amides is 3. The van der Waals surface area contributed by atoms with E-state index in [2.05, 4.69) is 16.0 Å². The number of benzene rings is 2. The number of urea groups is 1. The Balaban J connectivity index is 1.80. The fourth-order valence-corrected chi connectivity index (χ4v) is 2.27. The van der Waals surface area contributed by atoms with Crippen LogP contribution in [0.1, 0.15) is 13.8 Å². The topological polar surface area (TPSA) is 79.5 Å². The second-order valence-electron chi connectivity index (χ2n) is 6.13. The van der Waals surface area contributed by atoms with E-state index in [0.717, 1.165) is 16.9 Å². The normalized spacial score (nSPS) is 10.3. The summed E-state index contributed by atoms with van der Waals surface area (Å²) in [4.78, 5) is 23.3. The van der Waals surface area contributed by atoms with Crippen molar-refractivity contribution in [3.05, 3.63) is 48.5 Å². The Labute approximate surface area is 153 Å². The number of ether oxygens (including phenoxy) is 1. The molecule has 2 aromatic rings. The zero-order valence-electron chi connectivity index (χ0n) is 15.3. The smallest absolute Gasteiger partial charge is 0.319 e. The van der Waals surface area contributed by atoms with Crippen LogP contribution in [0, 0.1) is 5.92 Å². The van der Waals surface area contributed by atoms with Crippen LogP contribution in [0.2, 0.25) is 0 Å². The first-order valence-corrected chi connectivity index (χ1v) is 8.56. The molecule has 0 aliphatic carbocycles. The molecule has 6 heteroatoms. The van der Waals surface area contributed by atoms with Gasteiger partial charge in [-0.2, -0.15) is 0 Å². The summed E-state index contributed by atoms with van der Waals surface area (Å²) in [5, 5.41) is 8.22. The molecule has 0 saturated carbocycles. The van der Waals surface area contributed by atoms with E-state index in [4.69, 9.17) is 4.74 Å². The number of rotatable bonds is 7. The Morgan fingerprint density at radius 2 is 1.42 bits per heavy atom. The molecule has 0 aliphatic heterocycles. The highest BCUT2D eigenvalue weighted by Gasteiger charge is 2.06. The van der Waals surface area contributed by atoms with Crippen LogP contribution in [0.15, 0.2) is 48.5 Å². The van der Waals surface area contributed by atoms with E-state index in [0.29, 0.717) is 18.8 Å². The highest BCUT2D eigenvalue weighted by molar-refractivity contribution is 5.89. The summed E-state index contributed by atoms with van der Waals surface area (Å²) >= 11 is 0. The van der Waals surface area contributed by atoms with Crippen LogP contribution in [0.25, 0.3) is 11.1 Å². The molecule has 0 spiro atoms. The molecule has 0 radical (unpaired) electrons. The summed E-state index contributed by atoms with van der Waals surface area (Å²) in [5.41, 5.74) is 2.82. The van der Waals surface area contributed by atoms with Crippen molar-refractivity contribution >= 4 is 17.6 Å². The number of hydrogen-bond donors (Lipinski definition) is 3. The molecule has 0 atom stereocenters. The molecule has 0 aliphatic rings. The van der Waals surface area contributed by atoms with Gasteiger partial charge >= 0.3 is 6.03 Å². The van der Waals surface area contributed by atoms with E-state index >= 15 is 0 Å². The molecule has 26 heavy (non-hydrogen) atoms. The van der Waals surface area contributed by atoms with Crippen molar-refractivity contribution < 1.29 is 14.3 Å². The van der Waals surface area contributed by atoms with Gasteiger partial charge in [0.1, 0.15) is 5.75 Å². The van der Waals surface area contributed by atoms with Gasteiger partial charge in [-0.3, -0.25) is 4.79 Å². The van der Waals surface area contributed by atoms with Crippen LogP contribution >= 0.6 is 0 Å². The highest BCUT2D eigenvalue weighted by Crippen LogP contribution is 2.23. The van der Waals surface area contributed by atoms with E-state index in [-0.39, 0.29) is 17.9 Å². The SMILES string of the molecule is COc1ccc(-c2ccc(NC(=O)NCCNC(=O)C(C)C)cc2)cc1. The second kappa shape index (κ2) is 9.46. The second-order valence-corrected chi connectivity index (χ2v) is 6.13. The lowest BCUT2D eigenvalue weighted by Crippen LogP contribution is -2.38. The van der Waals surface area contributed by atoms with Crippen LogP contribution in [0.3, 0.4) is 0 Å². The number of nitrogens with one attached hydrogen (secondary N) is 3. The quantitative estimate of drug-likeness (QED) is 0.667.